The highest BCUT2D eigenvalue weighted by molar-refractivity contribution is 6.24. The van der Waals surface area contributed by atoms with Gasteiger partial charge in [0.1, 0.15) is 17.2 Å². The highest BCUT2D eigenvalue weighted by Crippen LogP contribution is 2.26. The Morgan fingerprint density at radius 1 is 1.07 bits per heavy atom. The van der Waals surface area contributed by atoms with Gasteiger partial charge in [-0.3, -0.25) is 4.79 Å². The number of anilines is 1. The van der Waals surface area contributed by atoms with E-state index in [2.05, 4.69) is 20.8 Å². The van der Waals surface area contributed by atoms with Crippen LogP contribution in [0, 0.1) is 0 Å². The Morgan fingerprint density at radius 2 is 1.86 bits per heavy atom. The van der Waals surface area contributed by atoms with E-state index >= 15 is 0 Å². The minimum absolute atomic E-state index is 0.190. The molecule has 0 saturated carbocycles. The van der Waals surface area contributed by atoms with Crippen LogP contribution in [0.15, 0.2) is 77.4 Å². The fraction of sp³-hybridized carbons (Fsp3) is 0.0476. The third-order valence-corrected chi connectivity index (χ3v) is 4.14. The topological polar surface area (TPSA) is 95.1 Å². The summed E-state index contributed by atoms with van der Waals surface area (Å²) in [4.78, 5) is 13.2. The lowest BCUT2D eigenvalue weighted by Crippen LogP contribution is -2.19. The van der Waals surface area contributed by atoms with Crippen molar-refractivity contribution in [3.05, 3.63) is 78.8 Å². The number of ether oxygens (including phenoxy) is 1. The van der Waals surface area contributed by atoms with Crippen LogP contribution in [-0.2, 0) is 4.79 Å². The Balaban J connectivity index is 1.76. The third kappa shape index (κ3) is 3.91. The van der Waals surface area contributed by atoms with Crippen LogP contribution in [0.5, 0.6) is 5.75 Å². The number of furan rings is 1. The summed E-state index contributed by atoms with van der Waals surface area (Å²) in [5.74, 6) is 1.04. The Hall–Kier alpha value is -4.20. The first kappa shape index (κ1) is 18.2. The second-order valence-electron chi connectivity index (χ2n) is 5.98. The summed E-state index contributed by atoms with van der Waals surface area (Å²) in [6.45, 7) is 0. The Morgan fingerprint density at radius 3 is 2.62 bits per heavy atom. The van der Waals surface area contributed by atoms with Crippen molar-refractivity contribution in [3.63, 3.8) is 0 Å². The van der Waals surface area contributed by atoms with Crippen molar-refractivity contribution in [1.82, 2.24) is 20.2 Å². The molecule has 8 heteroatoms. The average Bonchev–Trinajstić information content (AvgIpc) is 3.45. The van der Waals surface area contributed by atoms with Crippen LogP contribution in [0.2, 0.25) is 0 Å². The first-order valence-corrected chi connectivity index (χ1v) is 8.80. The van der Waals surface area contributed by atoms with Gasteiger partial charge in [0.05, 0.1) is 19.1 Å². The van der Waals surface area contributed by atoms with Gasteiger partial charge < -0.3 is 14.5 Å². The molecule has 0 aliphatic carbocycles. The smallest absolute Gasteiger partial charge is 0.274 e. The lowest BCUT2D eigenvalue weighted by Gasteiger charge is -2.12. The molecule has 0 spiro atoms. The molecule has 0 fully saturated rings. The predicted molar refractivity (Wildman–Crippen MR) is 108 cm³/mol. The first-order valence-electron chi connectivity index (χ1n) is 8.80. The number of nitrogens with zero attached hydrogens (tertiary/aromatic N) is 4. The van der Waals surface area contributed by atoms with Gasteiger partial charge in [0.15, 0.2) is 5.82 Å². The molecule has 0 unspecified atom stereocenters. The Bertz CT molecular complexity index is 1130. The van der Waals surface area contributed by atoms with Gasteiger partial charge in [-0.05, 0) is 34.7 Å². The number of carbonyl (C=O) groups excluding carboxylic acids is 1. The monoisotopic (exact) mass is 387 g/mol. The van der Waals surface area contributed by atoms with Gasteiger partial charge in [0.2, 0.25) is 0 Å². The number of hydrogen-bond donors (Lipinski definition) is 1. The van der Waals surface area contributed by atoms with Crippen molar-refractivity contribution in [1.29, 1.82) is 0 Å². The molecule has 2 heterocycles. The number of para-hydroxylation sites is 2. The van der Waals surface area contributed by atoms with Crippen molar-refractivity contribution < 1.29 is 13.9 Å². The number of methoxy groups -OCH3 is 1. The lowest BCUT2D eigenvalue weighted by molar-refractivity contribution is -0.111. The van der Waals surface area contributed by atoms with Gasteiger partial charge in [-0.2, -0.15) is 4.68 Å². The number of aromatic nitrogens is 4. The van der Waals surface area contributed by atoms with Gasteiger partial charge >= 0.3 is 0 Å². The molecule has 144 valence electrons. The van der Waals surface area contributed by atoms with E-state index in [1.165, 1.54) is 10.9 Å². The minimum atomic E-state index is -0.421. The molecule has 0 radical (unpaired) electrons. The molecule has 0 aliphatic rings. The predicted octanol–water partition coefficient (Wildman–Crippen LogP) is 3.58. The number of benzene rings is 2. The van der Waals surface area contributed by atoms with E-state index in [1.54, 1.807) is 43.5 Å². The molecule has 1 N–H and O–H groups in total. The molecule has 4 aromatic rings. The SMILES string of the molecule is COc1ccccc1NC(=O)C(=Cc1ccco1)n1nnnc1-c1ccccc1. The van der Waals surface area contributed by atoms with Crippen molar-refractivity contribution in [3.8, 4) is 17.1 Å². The summed E-state index contributed by atoms with van der Waals surface area (Å²) in [6.07, 6.45) is 3.10. The molecule has 4 rings (SSSR count). The zero-order valence-corrected chi connectivity index (χ0v) is 15.5. The number of rotatable bonds is 6. The van der Waals surface area contributed by atoms with Crippen LogP contribution in [0.3, 0.4) is 0 Å². The number of carbonyl (C=O) groups is 1. The van der Waals surface area contributed by atoms with Gasteiger partial charge in [0.25, 0.3) is 5.91 Å². The van der Waals surface area contributed by atoms with Gasteiger partial charge in [-0.15, -0.1) is 5.10 Å². The van der Waals surface area contributed by atoms with E-state index in [0.717, 1.165) is 5.56 Å². The van der Waals surface area contributed by atoms with Gasteiger partial charge in [-0.1, -0.05) is 42.5 Å². The van der Waals surface area contributed by atoms with E-state index in [-0.39, 0.29) is 5.70 Å². The second-order valence-corrected chi connectivity index (χ2v) is 5.98. The second kappa shape index (κ2) is 8.22. The lowest BCUT2D eigenvalue weighted by atomic mass is 10.2. The molecule has 2 aromatic heterocycles. The number of tetrazole rings is 1. The molecule has 0 saturated heterocycles. The van der Waals surface area contributed by atoms with Crippen LogP contribution >= 0.6 is 0 Å². The highest BCUT2D eigenvalue weighted by Gasteiger charge is 2.20. The van der Waals surface area contributed by atoms with Crippen molar-refractivity contribution in [2.75, 3.05) is 12.4 Å². The maximum atomic E-state index is 13.2. The molecular weight excluding hydrogens is 370 g/mol. The molecule has 0 aliphatic heterocycles. The summed E-state index contributed by atoms with van der Waals surface area (Å²) >= 11 is 0. The van der Waals surface area contributed by atoms with Crippen LogP contribution in [0.4, 0.5) is 5.69 Å². The summed E-state index contributed by atoms with van der Waals surface area (Å²) < 4.78 is 12.1. The molecule has 0 bridgehead atoms. The number of amides is 1. The van der Waals surface area contributed by atoms with Crippen molar-refractivity contribution >= 4 is 23.4 Å². The first-order chi connectivity index (χ1) is 14.3. The van der Waals surface area contributed by atoms with Gasteiger partial charge in [0, 0.05) is 11.6 Å². The van der Waals surface area contributed by atoms with E-state index in [1.807, 2.05) is 36.4 Å². The van der Waals surface area contributed by atoms with E-state index in [0.29, 0.717) is 23.0 Å². The number of nitrogens with one attached hydrogen (secondary N) is 1. The van der Waals surface area contributed by atoms with Crippen molar-refractivity contribution in [2.24, 2.45) is 0 Å². The molecular formula is C21H17N5O3. The van der Waals surface area contributed by atoms with Crippen LogP contribution < -0.4 is 10.1 Å². The fourth-order valence-electron chi connectivity index (χ4n) is 2.78. The maximum absolute atomic E-state index is 13.2. The quantitative estimate of drug-likeness (QED) is 0.508. The van der Waals surface area contributed by atoms with E-state index in [9.17, 15) is 4.79 Å². The molecule has 29 heavy (non-hydrogen) atoms. The van der Waals surface area contributed by atoms with E-state index in [4.69, 9.17) is 9.15 Å². The highest BCUT2D eigenvalue weighted by atomic mass is 16.5. The fourth-order valence-corrected chi connectivity index (χ4v) is 2.78. The van der Waals surface area contributed by atoms with Gasteiger partial charge in [-0.25, -0.2) is 0 Å². The number of hydrogen-bond acceptors (Lipinski definition) is 6. The molecule has 2 aromatic carbocycles. The summed E-state index contributed by atoms with van der Waals surface area (Å²) in [5.41, 5.74) is 1.49. The van der Waals surface area contributed by atoms with Crippen molar-refractivity contribution in [2.45, 2.75) is 0 Å². The van der Waals surface area contributed by atoms with E-state index < -0.39 is 5.91 Å². The largest absolute Gasteiger partial charge is 0.495 e. The summed E-state index contributed by atoms with van der Waals surface area (Å²) in [6, 6.07) is 20.0. The Labute approximate surface area is 166 Å². The molecule has 8 nitrogen and oxygen atoms in total. The minimum Gasteiger partial charge on any atom is -0.495 e. The Kier molecular flexibility index (Phi) is 5.15. The molecule has 0 atom stereocenters. The molecule has 1 amide bonds. The normalized spacial score (nSPS) is 11.3. The third-order valence-electron chi connectivity index (χ3n) is 4.14. The van der Waals surface area contributed by atoms with Crippen LogP contribution in [0.1, 0.15) is 5.76 Å². The van der Waals surface area contributed by atoms with Crippen LogP contribution in [0.25, 0.3) is 23.2 Å². The zero-order valence-electron chi connectivity index (χ0n) is 15.5. The summed E-state index contributed by atoms with van der Waals surface area (Å²) in [7, 11) is 1.54. The standard InChI is InChI=1S/C21H17N5O3/c1-28-19-12-6-5-11-17(19)22-21(27)18(14-16-10-7-13-29-16)26-20(23-24-25-26)15-8-3-2-4-9-15/h2-14H,1H3,(H,22,27). The average molecular weight is 387 g/mol. The zero-order chi connectivity index (χ0) is 20.1. The maximum Gasteiger partial charge on any atom is 0.274 e. The van der Waals surface area contributed by atoms with Crippen LogP contribution in [-0.4, -0.2) is 33.2 Å². The summed E-state index contributed by atoms with van der Waals surface area (Å²) in [5, 5.41) is 14.7.